The predicted molar refractivity (Wildman–Crippen MR) is 131 cm³/mol. The number of nitrogens with two attached hydrogens (primary N) is 1. The molecule has 0 bridgehead atoms. The Morgan fingerprint density at radius 3 is 2.53 bits per heavy atom. The molecule has 5 rings (SSSR count). The van der Waals surface area contributed by atoms with Crippen molar-refractivity contribution < 1.29 is 9.53 Å². The average Bonchev–Trinajstić information content (AvgIpc) is 3.22. The predicted octanol–water partition coefficient (Wildman–Crippen LogP) is 4.61. The number of carbonyl (C=O) groups excluding carboxylic acids is 1. The zero-order valence-corrected chi connectivity index (χ0v) is 18.9. The lowest BCUT2D eigenvalue weighted by Crippen LogP contribution is -2.19. The quantitative estimate of drug-likeness (QED) is 0.409. The van der Waals surface area contributed by atoms with Crippen LogP contribution in [0.4, 0.5) is 0 Å². The molecule has 0 spiro atoms. The molecule has 2 N–H and O–H groups in total. The largest absolute Gasteiger partial charge is 0.484 e. The maximum absolute atomic E-state index is 10.9. The van der Waals surface area contributed by atoms with E-state index in [0.717, 1.165) is 50.8 Å². The number of rotatable bonds is 6. The van der Waals surface area contributed by atoms with Crippen LogP contribution in [0.2, 0.25) is 0 Å². The fourth-order valence-electron chi connectivity index (χ4n) is 3.89. The molecule has 0 aliphatic heterocycles. The Bertz CT molecular complexity index is 1510. The molecule has 34 heavy (non-hydrogen) atoms. The number of benzene rings is 1. The molecule has 7 nitrogen and oxygen atoms in total. The van der Waals surface area contributed by atoms with Crippen LogP contribution in [0.1, 0.15) is 11.3 Å². The number of carbonyl (C=O) groups is 1. The topological polar surface area (TPSA) is 95.4 Å². The Kier molecular flexibility index (Phi) is 5.51. The third-order valence-electron chi connectivity index (χ3n) is 5.48. The van der Waals surface area contributed by atoms with E-state index in [4.69, 9.17) is 20.4 Å². The van der Waals surface area contributed by atoms with Gasteiger partial charge in [-0.2, -0.15) is 0 Å². The number of hydrogen-bond donors (Lipinski definition) is 1. The number of ether oxygens (including phenoxy) is 1. The van der Waals surface area contributed by atoms with E-state index in [1.807, 2.05) is 55.6 Å². The van der Waals surface area contributed by atoms with Gasteiger partial charge >= 0.3 is 0 Å². The molecule has 0 aliphatic rings. The van der Waals surface area contributed by atoms with Gasteiger partial charge in [-0.1, -0.05) is 6.07 Å². The van der Waals surface area contributed by atoms with Gasteiger partial charge in [0.15, 0.2) is 6.61 Å². The fraction of sp³-hybridized carbons (Fsp3) is 0.111. The van der Waals surface area contributed by atoms with E-state index in [1.165, 1.54) is 0 Å². The number of aromatic nitrogens is 4. The second-order valence-electron chi connectivity index (χ2n) is 8.11. The highest BCUT2D eigenvalue weighted by Crippen LogP contribution is 2.34. The standard InChI is InChI=1S/C27H23N5O2/c1-17-11-13-32-25(14-17)31-26(22-5-3-4-18(2)30-22)27(32)20-10-12-29-23(15-20)19-6-8-21(9-7-19)34-16-24(28)33/h3-15H,16H2,1-2H3,(H2,28,33). The molecule has 0 saturated carbocycles. The molecule has 0 unspecified atom stereocenters. The summed E-state index contributed by atoms with van der Waals surface area (Å²) in [6.07, 6.45) is 3.83. The second-order valence-corrected chi connectivity index (χ2v) is 8.11. The molecule has 0 atom stereocenters. The van der Waals surface area contributed by atoms with Crippen molar-refractivity contribution in [3.8, 4) is 39.7 Å². The minimum Gasteiger partial charge on any atom is -0.484 e. The summed E-state index contributed by atoms with van der Waals surface area (Å²) in [4.78, 5) is 25.2. The van der Waals surface area contributed by atoms with Crippen molar-refractivity contribution in [3.63, 3.8) is 0 Å². The molecule has 0 fully saturated rings. The van der Waals surface area contributed by atoms with Gasteiger partial charge in [-0.05, 0) is 80.1 Å². The summed E-state index contributed by atoms with van der Waals surface area (Å²) < 4.78 is 7.45. The van der Waals surface area contributed by atoms with E-state index in [-0.39, 0.29) is 6.61 Å². The summed E-state index contributed by atoms with van der Waals surface area (Å²) in [7, 11) is 0. The van der Waals surface area contributed by atoms with Crippen molar-refractivity contribution >= 4 is 11.6 Å². The summed E-state index contributed by atoms with van der Waals surface area (Å²) in [5, 5.41) is 0. The Balaban J connectivity index is 1.60. The molecule has 1 amide bonds. The number of fused-ring (bicyclic) bond motifs is 1. The van der Waals surface area contributed by atoms with Crippen LogP contribution in [-0.4, -0.2) is 31.9 Å². The Hall–Kier alpha value is -4.52. The Morgan fingerprint density at radius 2 is 1.76 bits per heavy atom. The zero-order valence-electron chi connectivity index (χ0n) is 18.9. The van der Waals surface area contributed by atoms with Crippen LogP contribution < -0.4 is 10.5 Å². The molecule has 7 heteroatoms. The highest BCUT2D eigenvalue weighted by molar-refractivity contribution is 5.82. The van der Waals surface area contributed by atoms with Crippen molar-refractivity contribution in [1.29, 1.82) is 0 Å². The molecule has 4 heterocycles. The highest BCUT2D eigenvalue weighted by atomic mass is 16.5. The third-order valence-corrected chi connectivity index (χ3v) is 5.48. The van der Waals surface area contributed by atoms with Gasteiger partial charge in [-0.15, -0.1) is 0 Å². The van der Waals surface area contributed by atoms with Gasteiger partial charge < -0.3 is 10.5 Å². The van der Waals surface area contributed by atoms with E-state index >= 15 is 0 Å². The minimum absolute atomic E-state index is 0.156. The molecule has 0 saturated heterocycles. The lowest BCUT2D eigenvalue weighted by molar-refractivity contribution is -0.119. The molecule has 5 aromatic rings. The first kappa shape index (κ1) is 21.3. The molecule has 4 aromatic heterocycles. The van der Waals surface area contributed by atoms with Crippen molar-refractivity contribution in [2.75, 3.05) is 6.61 Å². The van der Waals surface area contributed by atoms with Crippen molar-refractivity contribution in [2.24, 2.45) is 5.73 Å². The SMILES string of the molecule is Cc1ccn2c(-c3ccnc(-c4ccc(OCC(N)=O)cc4)c3)c(-c3cccc(C)n3)nc2c1. The van der Waals surface area contributed by atoms with E-state index < -0.39 is 5.91 Å². The van der Waals surface area contributed by atoms with E-state index in [0.29, 0.717) is 5.75 Å². The number of primary amides is 1. The fourth-order valence-corrected chi connectivity index (χ4v) is 3.89. The first-order valence-electron chi connectivity index (χ1n) is 10.9. The van der Waals surface area contributed by atoms with Gasteiger partial charge in [0, 0.05) is 29.2 Å². The lowest BCUT2D eigenvalue weighted by atomic mass is 10.0. The van der Waals surface area contributed by atoms with Crippen LogP contribution in [0, 0.1) is 13.8 Å². The normalized spacial score (nSPS) is 11.0. The highest BCUT2D eigenvalue weighted by Gasteiger charge is 2.18. The van der Waals surface area contributed by atoms with Crippen LogP contribution in [0.15, 0.2) is 79.1 Å². The number of amides is 1. The van der Waals surface area contributed by atoms with Crippen LogP contribution in [-0.2, 0) is 4.79 Å². The second kappa shape index (κ2) is 8.78. The monoisotopic (exact) mass is 449 g/mol. The molecule has 1 aromatic carbocycles. The number of imidazole rings is 1. The Morgan fingerprint density at radius 1 is 0.941 bits per heavy atom. The van der Waals surface area contributed by atoms with Crippen molar-refractivity contribution in [3.05, 3.63) is 90.4 Å². The summed E-state index contributed by atoms with van der Waals surface area (Å²) in [5.41, 5.74) is 13.4. The summed E-state index contributed by atoms with van der Waals surface area (Å²) in [5.74, 6) is 0.0595. The molecular weight excluding hydrogens is 426 g/mol. The van der Waals surface area contributed by atoms with Gasteiger partial charge in [0.25, 0.3) is 5.91 Å². The average molecular weight is 450 g/mol. The first-order valence-corrected chi connectivity index (χ1v) is 10.9. The zero-order chi connectivity index (χ0) is 23.7. The van der Waals surface area contributed by atoms with Crippen LogP contribution in [0.25, 0.3) is 39.5 Å². The van der Waals surface area contributed by atoms with E-state index in [1.54, 1.807) is 18.3 Å². The maximum atomic E-state index is 10.9. The van der Waals surface area contributed by atoms with E-state index in [2.05, 4.69) is 28.4 Å². The van der Waals surface area contributed by atoms with Crippen molar-refractivity contribution in [1.82, 2.24) is 19.4 Å². The number of aryl methyl sites for hydroxylation is 2. The van der Waals surface area contributed by atoms with Crippen LogP contribution >= 0.6 is 0 Å². The number of hydrogen-bond acceptors (Lipinski definition) is 5. The van der Waals surface area contributed by atoms with Gasteiger partial charge in [0.05, 0.1) is 17.1 Å². The van der Waals surface area contributed by atoms with Gasteiger partial charge in [0.1, 0.15) is 17.1 Å². The summed E-state index contributed by atoms with van der Waals surface area (Å²) >= 11 is 0. The maximum Gasteiger partial charge on any atom is 0.255 e. The van der Waals surface area contributed by atoms with Gasteiger partial charge in [-0.3, -0.25) is 19.2 Å². The van der Waals surface area contributed by atoms with E-state index in [9.17, 15) is 4.79 Å². The molecule has 0 radical (unpaired) electrons. The molecular formula is C27H23N5O2. The molecule has 0 aliphatic carbocycles. The summed E-state index contributed by atoms with van der Waals surface area (Å²) in [6, 6.07) is 21.5. The van der Waals surface area contributed by atoms with Gasteiger partial charge in [-0.25, -0.2) is 4.98 Å². The third kappa shape index (κ3) is 4.23. The summed E-state index contributed by atoms with van der Waals surface area (Å²) in [6.45, 7) is 3.88. The van der Waals surface area contributed by atoms with Crippen LogP contribution in [0.3, 0.4) is 0 Å². The minimum atomic E-state index is -0.513. The van der Waals surface area contributed by atoms with Crippen LogP contribution in [0.5, 0.6) is 5.75 Å². The number of pyridine rings is 3. The van der Waals surface area contributed by atoms with Gasteiger partial charge in [0.2, 0.25) is 0 Å². The number of nitrogens with zero attached hydrogens (tertiary/aromatic N) is 4. The smallest absolute Gasteiger partial charge is 0.255 e. The lowest BCUT2D eigenvalue weighted by Gasteiger charge is -2.09. The Labute approximate surface area is 196 Å². The van der Waals surface area contributed by atoms with Crippen molar-refractivity contribution in [2.45, 2.75) is 13.8 Å². The molecule has 168 valence electrons. The first-order chi connectivity index (χ1) is 16.5.